The van der Waals surface area contributed by atoms with Crippen molar-refractivity contribution in [3.8, 4) is 16.9 Å². The van der Waals surface area contributed by atoms with Gasteiger partial charge in [0.1, 0.15) is 6.04 Å². The quantitative estimate of drug-likeness (QED) is 0.366. The zero-order valence-corrected chi connectivity index (χ0v) is 24.1. The summed E-state index contributed by atoms with van der Waals surface area (Å²) >= 11 is 12.3. The van der Waals surface area contributed by atoms with Crippen LogP contribution in [0.2, 0.25) is 10.2 Å². The number of amides is 2. The zero-order chi connectivity index (χ0) is 29.2. The molecular formula is C29H28Cl2N8O3. The highest BCUT2D eigenvalue weighted by Crippen LogP contribution is 2.31. The lowest BCUT2D eigenvalue weighted by molar-refractivity contribution is -0.125. The second-order valence-electron chi connectivity index (χ2n) is 10.4. The van der Waals surface area contributed by atoms with Crippen LogP contribution in [0.1, 0.15) is 37.3 Å². The Hall–Kier alpha value is -4.22. The van der Waals surface area contributed by atoms with Crippen molar-refractivity contribution in [3.05, 3.63) is 87.1 Å². The first-order valence-corrected chi connectivity index (χ1v) is 14.5. The van der Waals surface area contributed by atoms with Gasteiger partial charge in [0.2, 0.25) is 11.8 Å². The van der Waals surface area contributed by atoms with Crippen molar-refractivity contribution >= 4 is 40.7 Å². The molecule has 2 N–H and O–H groups in total. The largest absolute Gasteiger partial charge is 0.354 e. The minimum Gasteiger partial charge on any atom is -0.354 e. The second kappa shape index (κ2) is 11.9. The number of hydrogen-bond donors (Lipinski definition) is 2. The molecule has 2 aliphatic heterocycles. The monoisotopic (exact) mass is 606 g/mol. The molecule has 0 aliphatic carbocycles. The Kier molecular flexibility index (Phi) is 7.94. The topological polar surface area (TPSA) is 127 Å². The van der Waals surface area contributed by atoms with E-state index in [1.165, 1.54) is 10.7 Å². The van der Waals surface area contributed by atoms with Gasteiger partial charge in [0.25, 0.3) is 5.56 Å². The molecule has 2 amide bonds. The predicted octanol–water partition coefficient (Wildman–Crippen LogP) is 3.38. The number of nitrogens with one attached hydrogen (secondary N) is 2. The SMILES string of the molecule is O=C1CN2c3cccc(c3)C(n3cnc(-c4cc(Cl)ccc4-n4cc(Cl)nn4)cc3=O)CCCCCNC(=O)C2CN1. The Morgan fingerprint density at radius 1 is 0.929 bits per heavy atom. The van der Waals surface area contributed by atoms with Crippen molar-refractivity contribution in [1.29, 1.82) is 0 Å². The summed E-state index contributed by atoms with van der Waals surface area (Å²) in [6.07, 6.45) is 6.36. The highest BCUT2D eigenvalue weighted by Gasteiger charge is 2.32. The van der Waals surface area contributed by atoms with Gasteiger partial charge in [-0.25, -0.2) is 9.67 Å². The molecule has 11 nitrogen and oxygen atoms in total. The molecule has 0 spiro atoms. The van der Waals surface area contributed by atoms with Gasteiger partial charge >= 0.3 is 0 Å². The maximum Gasteiger partial charge on any atom is 0.254 e. The third kappa shape index (κ3) is 5.75. The van der Waals surface area contributed by atoms with Crippen LogP contribution in [0.25, 0.3) is 16.9 Å². The van der Waals surface area contributed by atoms with E-state index in [0.717, 1.165) is 30.5 Å². The number of anilines is 1. The van der Waals surface area contributed by atoms with Crippen LogP contribution >= 0.6 is 23.2 Å². The lowest BCUT2D eigenvalue weighted by atomic mass is 9.98. The number of rotatable bonds is 3. The smallest absolute Gasteiger partial charge is 0.254 e. The summed E-state index contributed by atoms with van der Waals surface area (Å²) < 4.78 is 3.15. The van der Waals surface area contributed by atoms with E-state index in [1.54, 1.807) is 35.3 Å². The van der Waals surface area contributed by atoms with Crippen molar-refractivity contribution in [2.75, 3.05) is 24.5 Å². The maximum absolute atomic E-state index is 13.7. The van der Waals surface area contributed by atoms with Crippen LogP contribution in [0.3, 0.4) is 0 Å². The highest BCUT2D eigenvalue weighted by molar-refractivity contribution is 6.31. The zero-order valence-electron chi connectivity index (χ0n) is 22.5. The fourth-order valence-corrected chi connectivity index (χ4v) is 5.86. The van der Waals surface area contributed by atoms with E-state index < -0.39 is 6.04 Å². The molecule has 4 aromatic rings. The summed E-state index contributed by atoms with van der Waals surface area (Å²) in [7, 11) is 0. The number of nitrogens with zero attached hydrogens (tertiary/aromatic N) is 6. The predicted molar refractivity (Wildman–Crippen MR) is 159 cm³/mol. The molecular weight excluding hydrogens is 579 g/mol. The molecule has 2 aromatic heterocycles. The van der Waals surface area contributed by atoms with E-state index in [1.807, 2.05) is 29.2 Å². The lowest BCUT2D eigenvalue weighted by Gasteiger charge is -2.36. The van der Waals surface area contributed by atoms with Crippen LogP contribution in [0.15, 0.2) is 65.8 Å². The van der Waals surface area contributed by atoms with Crippen molar-refractivity contribution < 1.29 is 9.59 Å². The molecule has 0 saturated carbocycles. The number of piperazine rings is 1. The van der Waals surface area contributed by atoms with E-state index in [9.17, 15) is 14.4 Å². The fourth-order valence-electron chi connectivity index (χ4n) is 5.56. The highest BCUT2D eigenvalue weighted by atomic mass is 35.5. The normalized spacial score (nSPS) is 19.5. The molecule has 2 atom stereocenters. The maximum atomic E-state index is 13.7. The molecule has 6 rings (SSSR count). The number of carbonyl (C=O) groups excluding carboxylic acids is 2. The number of halogens is 2. The summed E-state index contributed by atoms with van der Waals surface area (Å²) in [5, 5.41) is 14.4. The summed E-state index contributed by atoms with van der Waals surface area (Å²) in [5.41, 5.74) is 3.09. The van der Waals surface area contributed by atoms with Crippen molar-refractivity contribution in [2.45, 2.75) is 37.8 Å². The molecule has 216 valence electrons. The number of hydrogen-bond acceptors (Lipinski definition) is 7. The van der Waals surface area contributed by atoms with Crippen LogP contribution in [0, 0.1) is 0 Å². The molecule has 4 heterocycles. The molecule has 42 heavy (non-hydrogen) atoms. The first kappa shape index (κ1) is 27.9. The van der Waals surface area contributed by atoms with Gasteiger partial charge in [-0.15, -0.1) is 5.10 Å². The van der Waals surface area contributed by atoms with Gasteiger partial charge in [-0.05, 0) is 48.7 Å². The number of carbonyl (C=O) groups is 2. The first-order valence-electron chi connectivity index (χ1n) is 13.7. The second-order valence-corrected chi connectivity index (χ2v) is 11.2. The molecule has 1 saturated heterocycles. The lowest BCUT2D eigenvalue weighted by Crippen LogP contribution is -2.60. The molecule has 13 heteroatoms. The van der Waals surface area contributed by atoms with Crippen LogP contribution < -0.4 is 21.1 Å². The van der Waals surface area contributed by atoms with Gasteiger partial charge < -0.3 is 15.5 Å². The first-order chi connectivity index (χ1) is 20.4. The van der Waals surface area contributed by atoms with E-state index in [4.69, 9.17) is 23.2 Å². The van der Waals surface area contributed by atoms with Gasteiger partial charge in [0, 0.05) is 35.4 Å². The summed E-state index contributed by atoms with van der Waals surface area (Å²) in [6, 6.07) is 13.6. The number of fused-ring (bicyclic) bond motifs is 4. The minimum absolute atomic E-state index is 0.0708. The van der Waals surface area contributed by atoms with Gasteiger partial charge in [-0.3, -0.25) is 19.0 Å². The third-order valence-electron chi connectivity index (χ3n) is 7.64. The molecule has 2 unspecified atom stereocenters. The minimum atomic E-state index is -0.521. The molecule has 2 aliphatic rings. The van der Waals surface area contributed by atoms with Crippen molar-refractivity contribution in [2.24, 2.45) is 0 Å². The van der Waals surface area contributed by atoms with Gasteiger partial charge in [0.05, 0.1) is 36.5 Å². The average Bonchev–Trinajstić information content (AvgIpc) is 3.42. The summed E-state index contributed by atoms with van der Waals surface area (Å²) in [5.74, 6) is -0.254. The molecule has 0 radical (unpaired) electrons. The van der Waals surface area contributed by atoms with Crippen LogP contribution in [-0.4, -0.2) is 62.0 Å². The number of benzene rings is 2. The van der Waals surface area contributed by atoms with E-state index in [-0.39, 0.29) is 41.7 Å². The molecule has 2 bridgehead atoms. The average molecular weight is 608 g/mol. The fraction of sp³-hybridized carbons (Fsp3) is 0.310. The van der Waals surface area contributed by atoms with E-state index in [2.05, 4.69) is 25.9 Å². The van der Waals surface area contributed by atoms with Gasteiger partial charge in [-0.1, -0.05) is 53.4 Å². The summed E-state index contributed by atoms with van der Waals surface area (Å²) in [6.45, 7) is 0.853. The Morgan fingerprint density at radius 2 is 1.81 bits per heavy atom. The van der Waals surface area contributed by atoms with Crippen molar-refractivity contribution in [3.63, 3.8) is 0 Å². The standard InChI is InChI=1S/C29H28Cl2N8O3/c30-19-8-9-24(39-15-26(31)35-36-39)21(12-19)22-13-28(41)38(17-34-22)23-7-2-1-3-10-32-29(42)25-14-33-27(40)16-37(25)20-6-4-5-18(23)11-20/h4-6,8-9,11-13,15,17,23,25H,1-3,7,10,14,16H2,(H,32,42)(H,33,40). The van der Waals surface area contributed by atoms with E-state index in [0.29, 0.717) is 34.9 Å². The van der Waals surface area contributed by atoms with Crippen LogP contribution in [0.5, 0.6) is 0 Å². The van der Waals surface area contributed by atoms with Gasteiger partial charge in [0.15, 0.2) is 5.15 Å². The molecule has 2 aromatic carbocycles. The van der Waals surface area contributed by atoms with Crippen LogP contribution in [-0.2, 0) is 9.59 Å². The van der Waals surface area contributed by atoms with Crippen LogP contribution in [0.4, 0.5) is 5.69 Å². The van der Waals surface area contributed by atoms with Gasteiger partial charge in [-0.2, -0.15) is 0 Å². The Bertz CT molecular complexity index is 1700. The number of aromatic nitrogens is 5. The Balaban J connectivity index is 1.39. The van der Waals surface area contributed by atoms with Crippen molar-refractivity contribution in [1.82, 2.24) is 35.2 Å². The Labute approximate surface area is 251 Å². The Morgan fingerprint density at radius 3 is 2.62 bits per heavy atom. The summed E-state index contributed by atoms with van der Waals surface area (Å²) in [4.78, 5) is 45.5. The molecule has 1 fully saturated rings. The van der Waals surface area contributed by atoms with E-state index >= 15 is 0 Å². The third-order valence-corrected chi connectivity index (χ3v) is 8.05.